The van der Waals surface area contributed by atoms with Gasteiger partial charge in [-0.25, -0.2) is 9.97 Å². The van der Waals surface area contributed by atoms with Crippen LogP contribution in [0.2, 0.25) is 5.02 Å². The number of amides is 1. The van der Waals surface area contributed by atoms with E-state index in [1.54, 1.807) is 0 Å². The predicted octanol–water partition coefficient (Wildman–Crippen LogP) is 4.99. The number of hydrogen-bond donors (Lipinski definition) is 1. The van der Waals surface area contributed by atoms with Crippen molar-refractivity contribution in [3.05, 3.63) is 82.9 Å². The summed E-state index contributed by atoms with van der Waals surface area (Å²) in [5.41, 5.74) is 6.61. The summed E-state index contributed by atoms with van der Waals surface area (Å²) in [5, 5.41) is 3.68. The van der Waals surface area contributed by atoms with Crippen LogP contribution in [-0.4, -0.2) is 60.2 Å². The largest absolute Gasteiger partial charge is 0.379 e. The predicted molar refractivity (Wildman–Crippen MR) is 140 cm³/mol. The summed E-state index contributed by atoms with van der Waals surface area (Å²) in [4.78, 5) is 25.0. The summed E-state index contributed by atoms with van der Waals surface area (Å²) >= 11 is 6.13. The van der Waals surface area contributed by atoms with Crippen LogP contribution in [0.1, 0.15) is 15.9 Å². The van der Waals surface area contributed by atoms with Crippen LogP contribution in [0.5, 0.6) is 0 Å². The molecule has 6 nitrogen and oxygen atoms in total. The first-order valence-corrected chi connectivity index (χ1v) is 12.2. The minimum atomic E-state index is -0.113. The Balaban J connectivity index is 1.45. The molecule has 4 aromatic rings. The Kier molecular flexibility index (Phi) is 7.04. The lowest BCUT2D eigenvalue weighted by molar-refractivity contribution is 0.0383. The molecule has 0 bridgehead atoms. The van der Waals surface area contributed by atoms with Crippen LogP contribution in [0.25, 0.3) is 33.5 Å². The van der Waals surface area contributed by atoms with Gasteiger partial charge in [0.05, 0.1) is 35.6 Å². The zero-order chi connectivity index (χ0) is 24.2. The molecule has 0 radical (unpaired) electrons. The number of fused-ring (bicyclic) bond motifs is 1. The van der Waals surface area contributed by atoms with Crippen molar-refractivity contribution in [3.8, 4) is 22.5 Å². The summed E-state index contributed by atoms with van der Waals surface area (Å²) in [6.45, 7) is 6.75. The molecule has 1 N–H and O–H groups in total. The molecule has 35 heavy (non-hydrogen) atoms. The fourth-order valence-electron chi connectivity index (χ4n) is 4.17. The van der Waals surface area contributed by atoms with Gasteiger partial charge in [0.25, 0.3) is 5.91 Å². The summed E-state index contributed by atoms with van der Waals surface area (Å²) < 4.78 is 5.38. The molecule has 1 aromatic heterocycles. The molecular weight excluding hydrogens is 460 g/mol. The fourth-order valence-corrected chi connectivity index (χ4v) is 4.30. The average Bonchev–Trinajstić information content (AvgIpc) is 2.89. The zero-order valence-corrected chi connectivity index (χ0v) is 20.4. The van der Waals surface area contributed by atoms with Crippen molar-refractivity contribution in [2.24, 2.45) is 0 Å². The number of aryl methyl sites for hydroxylation is 1. The third-order valence-electron chi connectivity index (χ3n) is 6.19. The van der Waals surface area contributed by atoms with Gasteiger partial charge in [-0.3, -0.25) is 9.69 Å². The van der Waals surface area contributed by atoms with Crippen LogP contribution >= 0.6 is 11.6 Å². The number of rotatable bonds is 6. The molecule has 5 rings (SSSR count). The standard InChI is InChI=1S/C28H27ClN4O2/c1-19-2-4-20(5-3-19)26-27(21-6-9-23(29)10-7-21)32-25-18-22(8-11-24(25)31-26)28(34)30-12-13-33-14-16-35-17-15-33/h2-11,18H,12-17H2,1H3,(H,30,34). The smallest absolute Gasteiger partial charge is 0.251 e. The maximum absolute atomic E-state index is 12.8. The topological polar surface area (TPSA) is 67.4 Å². The molecule has 0 spiro atoms. The van der Waals surface area contributed by atoms with E-state index in [4.69, 9.17) is 26.3 Å². The van der Waals surface area contributed by atoms with Crippen molar-refractivity contribution < 1.29 is 9.53 Å². The second-order valence-corrected chi connectivity index (χ2v) is 9.14. The van der Waals surface area contributed by atoms with Crippen LogP contribution in [-0.2, 0) is 4.74 Å². The molecule has 178 valence electrons. The fraction of sp³-hybridized carbons (Fsp3) is 0.250. The van der Waals surface area contributed by atoms with Crippen molar-refractivity contribution >= 4 is 28.5 Å². The van der Waals surface area contributed by atoms with Crippen molar-refractivity contribution in [2.45, 2.75) is 6.92 Å². The number of nitrogens with zero attached hydrogens (tertiary/aromatic N) is 3. The van der Waals surface area contributed by atoms with Gasteiger partial charge in [-0.1, -0.05) is 53.6 Å². The Labute approximate surface area is 209 Å². The normalized spacial score (nSPS) is 14.2. The van der Waals surface area contributed by atoms with E-state index in [0.717, 1.165) is 60.9 Å². The van der Waals surface area contributed by atoms with E-state index >= 15 is 0 Å². The quantitative estimate of drug-likeness (QED) is 0.416. The Morgan fingerprint density at radius 3 is 2.23 bits per heavy atom. The number of aromatic nitrogens is 2. The van der Waals surface area contributed by atoms with Gasteiger partial charge in [0.15, 0.2) is 0 Å². The number of halogens is 1. The summed E-state index contributed by atoms with van der Waals surface area (Å²) in [6.07, 6.45) is 0. The number of carbonyl (C=O) groups excluding carboxylic acids is 1. The highest BCUT2D eigenvalue weighted by Gasteiger charge is 2.16. The van der Waals surface area contributed by atoms with Crippen molar-refractivity contribution in [2.75, 3.05) is 39.4 Å². The lowest BCUT2D eigenvalue weighted by atomic mass is 10.0. The third-order valence-corrected chi connectivity index (χ3v) is 6.44. The van der Waals surface area contributed by atoms with E-state index in [1.807, 2.05) is 42.5 Å². The highest BCUT2D eigenvalue weighted by Crippen LogP contribution is 2.32. The molecule has 0 atom stereocenters. The van der Waals surface area contributed by atoms with Gasteiger partial charge < -0.3 is 10.1 Å². The van der Waals surface area contributed by atoms with Gasteiger partial charge in [0.1, 0.15) is 0 Å². The lowest BCUT2D eigenvalue weighted by Crippen LogP contribution is -2.41. The highest BCUT2D eigenvalue weighted by atomic mass is 35.5. The van der Waals surface area contributed by atoms with E-state index < -0.39 is 0 Å². The zero-order valence-electron chi connectivity index (χ0n) is 19.6. The Hall–Kier alpha value is -3.32. The highest BCUT2D eigenvalue weighted by molar-refractivity contribution is 6.30. The summed E-state index contributed by atoms with van der Waals surface area (Å²) in [5.74, 6) is -0.113. The second-order valence-electron chi connectivity index (χ2n) is 8.71. The third kappa shape index (κ3) is 5.51. The number of benzene rings is 3. The Morgan fingerprint density at radius 1 is 0.914 bits per heavy atom. The van der Waals surface area contributed by atoms with E-state index in [9.17, 15) is 4.79 Å². The molecular formula is C28H27ClN4O2. The van der Waals surface area contributed by atoms with Crippen LogP contribution in [0.15, 0.2) is 66.7 Å². The number of hydrogen-bond acceptors (Lipinski definition) is 5. The molecule has 1 fully saturated rings. The SMILES string of the molecule is Cc1ccc(-c2nc3ccc(C(=O)NCCN4CCOCC4)cc3nc2-c2ccc(Cl)cc2)cc1. The first kappa shape index (κ1) is 23.4. The lowest BCUT2D eigenvalue weighted by Gasteiger charge is -2.26. The minimum Gasteiger partial charge on any atom is -0.379 e. The van der Waals surface area contributed by atoms with Crippen LogP contribution in [0, 0.1) is 6.92 Å². The number of ether oxygens (including phenoxy) is 1. The van der Waals surface area contributed by atoms with E-state index in [1.165, 1.54) is 5.56 Å². The first-order valence-electron chi connectivity index (χ1n) is 11.8. The van der Waals surface area contributed by atoms with Gasteiger partial charge in [-0.05, 0) is 37.3 Å². The number of morpholine rings is 1. The molecule has 7 heteroatoms. The van der Waals surface area contributed by atoms with Crippen LogP contribution in [0.4, 0.5) is 0 Å². The Bertz CT molecular complexity index is 1330. The second kappa shape index (κ2) is 10.5. The van der Waals surface area contributed by atoms with Crippen molar-refractivity contribution in [3.63, 3.8) is 0 Å². The molecule has 0 unspecified atom stereocenters. The van der Waals surface area contributed by atoms with Crippen molar-refractivity contribution in [1.82, 2.24) is 20.2 Å². The summed E-state index contributed by atoms with van der Waals surface area (Å²) in [7, 11) is 0. The number of carbonyl (C=O) groups is 1. The number of nitrogens with one attached hydrogen (secondary N) is 1. The van der Waals surface area contributed by atoms with Gasteiger partial charge in [-0.15, -0.1) is 0 Å². The first-order chi connectivity index (χ1) is 17.1. The van der Waals surface area contributed by atoms with Crippen LogP contribution in [0.3, 0.4) is 0 Å². The van der Waals surface area contributed by atoms with Crippen molar-refractivity contribution in [1.29, 1.82) is 0 Å². The molecule has 1 amide bonds. The van der Waals surface area contributed by atoms with E-state index in [0.29, 0.717) is 22.6 Å². The van der Waals surface area contributed by atoms with Gasteiger partial charge >= 0.3 is 0 Å². The molecule has 2 heterocycles. The molecule has 1 aliphatic heterocycles. The molecule has 1 saturated heterocycles. The molecule has 1 aliphatic rings. The van der Waals surface area contributed by atoms with E-state index in [-0.39, 0.29) is 5.91 Å². The Morgan fingerprint density at radius 2 is 1.54 bits per heavy atom. The van der Waals surface area contributed by atoms with Gasteiger partial charge in [0, 0.05) is 47.9 Å². The summed E-state index contributed by atoms with van der Waals surface area (Å²) in [6, 6.07) is 21.3. The minimum absolute atomic E-state index is 0.113. The molecule has 3 aromatic carbocycles. The molecule has 0 saturated carbocycles. The molecule has 0 aliphatic carbocycles. The monoisotopic (exact) mass is 486 g/mol. The maximum Gasteiger partial charge on any atom is 0.251 e. The van der Waals surface area contributed by atoms with Crippen LogP contribution < -0.4 is 5.32 Å². The average molecular weight is 487 g/mol. The van der Waals surface area contributed by atoms with Gasteiger partial charge in [-0.2, -0.15) is 0 Å². The van der Waals surface area contributed by atoms with E-state index in [2.05, 4.69) is 41.4 Å². The van der Waals surface area contributed by atoms with Gasteiger partial charge in [0.2, 0.25) is 0 Å². The maximum atomic E-state index is 12.8.